The molecule has 4 fully saturated rings. The maximum atomic E-state index is 12.1. The predicted octanol–water partition coefficient (Wildman–Crippen LogP) is 4.23. The van der Waals surface area contributed by atoms with E-state index in [-0.39, 0.29) is 22.4 Å². The molecule has 0 radical (unpaired) electrons. The van der Waals surface area contributed by atoms with E-state index >= 15 is 0 Å². The van der Waals surface area contributed by atoms with E-state index in [1.165, 1.54) is 18.4 Å². The SMILES string of the molecule is CC12CCC(=O)C=C1CCC1C2C=CC2(C)C1C1CC1[C@@]21CCC(=O)O1. The average Bonchev–Trinajstić information content (AvgIpc) is 3.24. The Morgan fingerprint density at radius 1 is 1.08 bits per heavy atom. The van der Waals surface area contributed by atoms with E-state index in [9.17, 15) is 9.59 Å². The van der Waals surface area contributed by atoms with Crippen molar-refractivity contribution in [2.24, 2.45) is 40.4 Å². The lowest BCUT2D eigenvalue weighted by atomic mass is 9.48. The van der Waals surface area contributed by atoms with Crippen molar-refractivity contribution >= 4 is 11.8 Å². The zero-order chi connectivity index (χ0) is 17.9. The summed E-state index contributed by atoms with van der Waals surface area (Å²) in [6.45, 7) is 4.78. The molecule has 1 heterocycles. The minimum Gasteiger partial charge on any atom is -0.458 e. The predicted molar refractivity (Wildman–Crippen MR) is 97.0 cm³/mol. The number of carbonyl (C=O) groups excluding carboxylic acids is 2. The number of fused-ring (bicyclic) bond motifs is 9. The average molecular weight is 352 g/mol. The Morgan fingerprint density at radius 3 is 2.69 bits per heavy atom. The lowest BCUT2D eigenvalue weighted by Crippen LogP contribution is -2.54. The number of esters is 1. The molecule has 0 N–H and O–H groups in total. The van der Waals surface area contributed by atoms with Crippen LogP contribution in [0.5, 0.6) is 0 Å². The van der Waals surface area contributed by atoms with E-state index in [0.29, 0.717) is 42.3 Å². The standard InChI is InChI=1S/C23H28O3/c1-21-8-5-14(24)11-13(21)3-4-15-17(21)6-9-22(2)20(15)16-12-18(16)23(22)10-7-19(25)26-23/h6,9,11,15-18,20H,3-5,7-8,10,12H2,1-2H3/t15?,16?,17?,18?,20?,21?,22?,23-/m0/s1. The van der Waals surface area contributed by atoms with Crippen LogP contribution >= 0.6 is 0 Å². The highest BCUT2D eigenvalue weighted by Crippen LogP contribution is 2.77. The van der Waals surface area contributed by atoms with Crippen LogP contribution in [-0.4, -0.2) is 17.4 Å². The maximum absolute atomic E-state index is 12.1. The minimum atomic E-state index is -0.222. The third-order valence-corrected chi connectivity index (χ3v) is 9.52. The van der Waals surface area contributed by atoms with Crippen molar-refractivity contribution in [3.05, 3.63) is 23.8 Å². The summed E-state index contributed by atoms with van der Waals surface area (Å²) in [6, 6.07) is 0. The van der Waals surface area contributed by atoms with Crippen molar-refractivity contribution in [3.63, 3.8) is 0 Å². The third kappa shape index (κ3) is 1.59. The molecule has 6 aliphatic rings. The first-order chi connectivity index (χ1) is 12.4. The first kappa shape index (κ1) is 15.7. The van der Waals surface area contributed by atoms with Crippen molar-refractivity contribution in [2.75, 3.05) is 0 Å². The van der Waals surface area contributed by atoms with Gasteiger partial charge in [0.25, 0.3) is 0 Å². The summed E-state index contributed by atoms with van der Waals surface area (Å²) < 4.78 is 6.12. The second-order valence-electron chi connectivity index (χ2n) is 10.3. The van der Waals surface area contributed by atoms with E-state index in [2.05, 4.69) is 26.0 Å². The van der Waals surface area contributed by atoms with E-state index in [1.807, 2.05) is 6.08 Å². The number of hydrogen-bond donors (Lipinski definition) is 0. The fourth-order valence-electron chi connectivity index (χ4n) is 8.27. The first-order valence-corrected chi connectivity index (χ1v) is 10.5. The highest BCUT2D eigenvalue weighted by molar-refractivity contribution is 5.91. The lowest BCUT2D eigenvalue weighted by Gasteiger charge is -2.57. The molecule has 3 saturated carbocycles. The Hall–Kier alpha value is -1.38. The summed E-state index contributed by atoms with van der Waals surface area (Å²) in [5, 5.41) is 0. The van der Waals surface area contributed by atoms with Crippen molar-refractivity contribution in [3.8, 4) is 0 Å². The van der Waals surface area contributed by atoms with Crippen LogP contribution in [0, 0.1) is 40.4 Å². The Labute approximate surface area is 155 Å². The topological polar surface area (TPSA) is 43.4 Å². The maximum Gasteiger partial charge on any atom is 0.306 e. The highest BCUT2D eigenvalue weighted by Gasteiger charge is 2.78. The molecule has 0 bridgehead atoms. The zero-order valence-corrected chi connectivity index (χ0v) is 15.8. The van der Waals surface area contributed by atoms with Gasteiger partial charge in [0.1, 0.15) is 5.60 Å². The summed E-state index contributed by atoms with van der Waals surface area (Å²) in [5.74, 6) is 3.52. The summed E-state index contributed by atoms with van der Waals surface area (Å²) in [6.07, 6.45) is 13.6. The largest absolute Gasteiger partial charge is 0.458 e. The van der Waals surface area contributed by atoms with Crippen molar-refractivity contribution in [1.82, 2.24) is 0 Å². The Balaban J connectivity index is 1.45. The molecule has 26 heavy (non-hydrogen) atoms. The molecular formula is C23H28O3. The molecule has 0 aromatic rings. The summed E-state index contributed by atoms with van der Waals surface area (Å²) >= 11 is 0. The van der Waals surface area contributed by atoms with E-state index in [4.69, 9.17) is 4.74 Å². The number of allylic oxidation sites excluding steroid dienone is 3. The van der Waals surface area contributed by atoms with E-state index in [1.54, 1.807) is 0 Å². The van der Waals surface area contributed by atoms with Gasteiger partial charge in [-0.1, -0.05) is 31.6 Å². The van der Waals surface area contributed by atoms with Crippen LogP contribution in [0.3, 0.4) is 0 Å². The zero-order valence-electron chi connectivity index (χ0n) is 15.8. The van der Waals surface area contributed by atoms with Gasteiger partial charge in [-0.05, 0) is 67.3 Å². The molecule has 5 aliphatic carbocycles. The van der Waals surface area contributed by atoms with Crippen molar-refractivity contribution in [2.45, 2.75) is 64.4 Å². The van der Waals surface area contributed by atoms with E-state index < -0.39 is 0 Å². The van der Waals surface area contributed by atoms with E-state index in [0.717, 1.165) is 25.2 Å². The van der Waals surface area contributed by atoms with Gasteiger partial charge in [0.2, 0.25) is 0 Å². The van der Waals surface area contributed by atoms with Gasteiger partial charge in [-0.2, -0.15) is 0 Å². The van der Waals surface area contributed by atoms with Crippen LogP contribution in [0.15, 0.2) is 23.8 Å². The lowest BCUT2D eigenvalue weighted by molar-refractivity contribution is -0.162. The highest BCUT2D eigenvalue weighted by atomic mass is 16.6. The van der Waals surface area contributed by atoms with Crippen LogP contribution in [0.4, 0.5) is 0 Å². The molecule has 8 atom stereocenters. The monoisotopic (exact) mass is 352 g/mol. The third-order valence-electron chi connectivity index (χ3n) is 9.52. The smallest absolute Gasteiger partial charge is 0.306 e. The quantitative estimate of drug-likeness (QED) is 0.484. The molecular weight excluding hydrogens is 324 g/mol. The second-order valence-corrected chi connectivity index (χ2v) is 10.3. The second kappa shape index (κ2) is 4.54. The van der Waals surface area contributed by atoms with Gasteiger partial charge >= 0.3 is 5.97 Å². The summed E-state index contributed by atoms with van der Waals surface area (Å²) in [7, 11) is 0. The van der Waals surface area contributed by atoms with Crippen molar-refractivity contribution in [1.29, 1.82) is 0 Å². The fraction of sp³-hybridized carbons (Fsp3) is 0.739. The van der Waals surface area contributed by atoms with Crippen LogP contribution in [0.25, 0.3) is 0 Å². The van der Waals surface area contributed by atoms with Gasteiger partial charge in [-0.25, -0.2) is 0 Å². The normalized spacial score (nSPS) is 56.4. The molecule has 1 aliphatic heterocycles. The molecule has 1 saturated heterocycles. The Kier molecular flexibility index (Phi) is 2.73. The van der Waals surface area contributed by atoms with Gasteiger partial charge in [-0.3, -0.25) is 9.59 Å². The van der Waals surface area contributed by atoms with Crippen LogP contribution < -0.4 is 0 Å². The molecule has 138 valence electrons. The molecule has 0 aromatic heterocycles. The van der Waals surface area contributed by atoms with Gasteiger partial charge in [0.15, 0.2) is 5.78 Å². The van der Waals surface area contributed by atoms with Crippen LogP contribution in [0.2, 0.25) is 0 Å². The minimum absolute atomic E-state index is 0.00989. The molecule has 0 amide bonds. The van der Waals surface area contributed by atoms with Crippen LogP contribution in [-0.2, 0) is 14.3 Å². The number of ketones is 1. The Bertz CT molecular complexity index is 793. The summed E-state index contributed by atoms with van der Waals surface area (Å²) in [4.78, 5) is 24.0. The van der Waals surface area contributed by atoms with Crippen LogP contribution in [0.1, 0.15) is 58.8 Å². The van der Waals surface area contributed by atoms with Gasteiger partial charge in [-0.15, -0.1) is 0 Å². The Morgan fingerprint density at radius 2 is 1.92 bits per heavy atom. The number of rotatable bonds is 0. The van der Waals surface area contributed by atoms with Gasteiger partial charge in [0, 0.05) is 24.2 Å². The molecule has 6 rings (SSSR count). The molecule has 3 heteroatoms. The number of hydrogen-bond acceptors (Lipinski definition) is 3. The van der Waals surface area contributed by atoms with Crippen molar-refractivity contribution < 1.29 is 14.3 Å². The number of ether oxygens (including phenoxy) is 1. The van der Waals surface area contributed by atoms with Gasteiger partial charge < -0.3 is 4.74 Å². The number of carbonyl (C=O) groups is 2. The summed E-state index contributed by atoms with van der Waals surface area (Å²) in [5.41, 5.74) is 1.34. The first-order valence-electron chi connectivity index (χ1n) is 10.5. The molecule has 1 spiro atoms. The van der Waals surface area contributed by atoms with Gasteiger partial charge in [0.05, 0.1) is 0 Å². The molecule has 7 unspecified atom stereocenters. The molecule has 3 nitrogen and oxygen atoms in total. The molecule has 0 aromatic carbocycles. The fourth-order valence-corrected chi connectivity index (χ4v) is 8.27.